The van der Waals surface area contributed by atoms with Gasteiger partial charge < -0.3 is 19.3 Å². The summed E-state index contributed by atoms with van der Waals surface area (Å²) in [4.78, 5) is 37.4. The molecular formula is C31H27NO6. The van der Waals surface area contributed by atoms with Crippen LogP contribution in [0.3, 0.4) is 0 Å². The smallest absolute Gasteiger partial charge is 0.339 e. The van der Waals surface area contributed by atoms with Gasteiger partial charge in [-0.15, -0.1) is 0 Å². The molecule has 0 aliphatic carbocycles. The molecule has 7 nitrogen and oxygen atoms in total. The monoisotopic (exact) mass is 509 g/mol. The fraction of sp³-hybridized carbons (Fsp3) is 0.194. The van der Waals surface area contributed by atoms with Gasteiger partial charge in [-0.1, -0.05) is 60.7 Å². The molecule has 0 spiro atoms. The fourth-order valence-electron chi connectivity index (χ4n) is 5.03. The van der Waals surface area contributed by atoms with E-state index in [9.17, 15) is 19.5 Å². The molecule has 5 aromatic rings. The summed E-state index contributed by atoms with van der Waals surface area (Å²) in [7, 11) is 0. The average molecular weight is 510 g/mol. The molecule has 0 unspecified atom stereocenters. The van der Waals surface area contributed by atoms with Gasteiger partial charge >= 0.3 is 11.6 Å². The SMILES string of the molecule is Cc1oc2c(C)c3oc(=O)c(CCC(=O)N[C@@H](C(=O)O)c4ccccc4)c(C)c3cc2c1-c1ccccc1. The quantitative estimate of drug-likeness (QED) is 0.260. The second-order valence-corrected chi connectivity index (χ2v) is 9.40. The number of furan rings is 1. The van der Waals surface area contributed by atoms with Crippen LogP contribution in [-0.4, -0.2) is 17.0 Å². The molecule has 1 atom stereocenters. The third-order valence-corrected chi connectivity index (χ3v) is 6.98. The zero-order chi connectivity index (χ0) is 27.0. The Bertz CT molecular complexity index is 1730. The van der Waals surface area contributed by atoms with Crippen molar-refractivity contribution in [3.05, 3.63) is 105 Å². The maximum absolute atomic E-state index is 13.0. The van der Waals surface area contributed by atoms with Gasteiger partial charge in [-0.3, -0.25) is 4.79 Å². The lowest BCUT2D eigenvalue weighted by Crippen LogP contribution is -2.34. The number of hydrogen-bond donors (Lipinski definition) is 2. The number of benzene rings is 3. The topological polar surface area (TPSA) is 110 Å². The molecule has 0 saturated heterocycles. The molecule has 5 rings (SSSR count). The van der Waals surface area contributed by atoms with Gasteiger partial charge in [0.25, 0.3) is 0 Å². The van der Waals surface area contributed by atoms with E-state index >= 15 is 0 Å². The Morgan fingerprint density at radius 3 is 2.16 bits per heavy atom. The number of carbonyl (C=O) groups is 2. The minimum atomic E-state index is -1.17. The molecule has 0 aliphatic rings. The Labute approximate surface area is 218 Å². The standard InChI is InChI=1S/C31H27NO6/c1-17-22(14-15-25(33)32-27(30(34)35)21-12-8-5-9-13-21)31(36)38-28-18(2)29-24(16-23(17)28)26(19(3)37-29)20-10-6-4-7-11-20/h4-13,16,27H,14-15H2,1-3H3,(H,32,33)(H,34,35)/t27-/m1/s1. The highest BCUT2D eigenvalue weighted by atomic mass is 16.4. The summed E-state index contributed by atoms with van der Waals surface area (Å²) in [6, 6.07) is 19.3. The second-order valence-electron chi connectivity index (χ2n) is 9.40. The van der Waals surface area contributed by atoms with Crippen LogP contribution in [0.1, 0.15) is 40.5 Å². The molecular weight excluding hydrogens is 482 g/mol. The van der Waals surface area contributed by atoms with E-state index in [2.05, 4.69) is 5.32 Å². The first-order valence-electron chi connectivity index (χ1n) is 12.4. The minimum Gasteiger partial charge on any atom is -0.479 e. The molecule has 0 saturated carbocycles. The van der Waals surface area contributed by atoms with Crippen molar-refractivity contribution in [1.29, 1.82) is 0 Å². The lowest BCUT2D eigenvalue weighted by molar-refractivity contribution is -0.142. The summed E-state index contributed by atoms with van der Waals surface area (Å²) in [5, 5.41) is 13.9. The zero-order valence-electron chi connectivity index (χ0n) is 21.3. The third-order valence-electron chi connectivity index (χ3n) is 6.98. The molecule has 0 aliphatic heterocycles. The van der Waals surface area contributed by atoms with Crippen molar-refractivity contribution in [2.24, 2.45) is 0 Å². The number of carbonyl (C=O) groups excluding carboxylic acids is 1. The van der Waals surface area contributed by atoms with E-state index in [1.54, 1.807) is 30.3 Å². The highest BCUT2D eigenvalue weighted by Crippen LogP contribution is 2.39. The van der Waals surface area contributed by atoms with Gasteiger partial charge in [0.05, 0.1) is 0 Å². The predicted molar refractivity (Wildman–Crippen MR) is 145 cm³/mol. The lowest BCUT2D eigenvalue weighted by Gasteiger charge is -2.15. The Hall–Kier alpha value is -4.65. The molecule has 2 aromatic heterocycles. The van der Waals surface area contributed by atoms with Crippen LogP contribution in [0, 0.1) is 20.8 Å². The number of fused-ring (bicyclic) bond motifs is 2. The van der Waals surface area contributed by atoms with Crippen molar-refractivity contribution >= 4 is 33.8 Å². The van der Waals surface area contributed by atoms with E-state index < -0.39 is 23.5 Å². The molecule has 3 aromatic carbocycles. The third kappa shape index (κ3) is 4.47. The van der Waals surface area contributed by atoms with Crippen LogP contribution in [0.5, 0.6) is 0 Å². The predicted octanol–water partition coefficient (Wildman–Crippen LogP) is 6.01. The number of rotatable bonds is 7. The maximum atomic E-state index is 13.0. The van der Waals surface area contributed by atoms with E-state index in [0.29, 0.717) is 22.3 Å². The van der Waals surface area contributed by atoms with Gasteiger partial charge in [-0.05, 0) is 49.9 Å². The summed E-state index contributed by atoms with van der Waals surface area (Å²) in [6.45, 7) is 5.63. The van der Waals surface area contributed by atoms with Crippen LogP contribution >= 0.6 is 0 Å². The number of carboxylic acids is 1. The first-order valence-corrected chi connectivity index (χ1v) is 12.4. The van der Waals surface area contributed by atoms with Crippen LogP contribution in [-0.2, 0) is 16.0 Å². The summed E-state index contributed by atoms with van der Waals surface area (Å²) in [5.74, 6) is -0.855. The lowest BCUT2D eigenvalue weighted by atomic mass is 9.96. The Morgan fingerprint density at radius 2 is 1.50 bits per heavy atom. The summed E-state index contributed by atoms with van der Waals surface area (Å²) >= 11 is 0. The minimum absolute atomic E-state index is 0.0605. The van der Waals surface area contributed by atoms with Crippen molar-refractivity contribution in [1.82, 2.24) is 5.32 Å². The molecule has 2 heterocycles. The first-order chi connectivity index (χ1) is 18.3. The van der Waals surface area contributed by atoms with Crippen molar-refractivity contribution in [2.75, 3.05) is 0 Å². The number of amides is 1. The molecule has 0 bridgehead atoms. The normalized spacial score (nSPS) is 12.1. The van der Waals surface area contributed by atoms with Crippen LogP contribution in [0.15, 0.2) is 80.4 Å². The summed E-state index contributed by atoms with van der Waals surface area (Å²) < 4.78 is 11.9. The summed E-state index contributed by atoms with van der Waals surface area (Å²) in [6.07, 6.45) is 0.0547. The van der Waals surface area contributed by atoms with Crippen LogP contribution in [0.4, 0.5) is 0 Å². The summed E-state index contributed by atoms with van der Waals surface area (Å²) in [5.41, 5.74) is 4.94. The van der Waals surface area contributed by atoms with Gasteiger partial charge in [0.2, 0.25) is 5.91 Å². The van der Waals surface area contributed by atoms with Crippen molar-refractivity contribution in [3.63, 3.8) is 0 Å². The Kier molecular flexibility index (Phi) is 6.59. The zero-order valence-corrected chi connectivity index (χ0v) is 21.3. The van der Waals surface area contributed by atoms with Gasteiger partial charge in [0.1, 0.15) is 16.9 Å². The maximum Gasteiger partial charge on any atom is 0.339 e. The van der Waals surface area contributed by atoms with Gasteiger partial charge in [-0.2, -0.15) is 0 Å². The number of hydrogen-bond acceptors (Lipinski definition) is 5. The molecule has 192 valence electrons. The molecule has 0 radical (unpaired) electrons. The van der Waals surface area contributed by atoms with E-state index in [1.165, 1.54) is 0 Å². The van der Waals surface area contributed by atoms with Crippen molar-refractivity contribution in [3.8, 4) is 11.1 Å². The highest BCUT2D eigenvalue weighted by Gasteiger charge is 2.24. The first kappa shape index (κ1) is 25.0. The van der Waals surface area contributed by atoms with Crippen molar-refractivity contribution in [2.45, 2.75) is 39.7 Å². The van der Waals surface area contributed by atoms with E-state index in [1.807, 2.05) is 57.2 Å². The van der Waals surface area contributed by atoms with E-state index in [0.717, 1.165) is 38.8 Å². The molecule has 7 heteroatoms. The van der Waals surface area contributed by atoms with Crippen molar-refractivity contribution < 1.29 is 23.5 Å². The van der Waals surface area contributed by atoms with Crippen LogP contribution in [0.2, 0.25) is 0 Å². The van der Waals surface area contributed by atoms with E-state index in [-0.39, 0.29) is 12.8 Å². The average Bonchev–Trinajstić information content (AvgIpc) is 3.25. The fourth-order valence-corrected chi connectivity index (χ4v) is 5.03. The Morgan fingerprint density at radius 1 is 0.868 bits per heavy atom. The van der Waals surface area contributed by atoms with Crippen LogP contribution < -0.4 is 10.9 Å². The Balaban J connectivity index is 1.49. The number of aryl methyl sites for hydroxylation is 3. The number of aliphatic carboxylic acids is 1. The van der Waals surface area contributed by atoms with Gasteiger partial charge in [0.15, 0.2) is 6.04 Å². The molecule has 1 amide bonds. The molecule has 38 heavy (non-hydrogen) atoms. The van der Waals surface area contributed by atoms with Gasteiger partial charge in [0, 0.05) is 33.9 Å². The van der Waals surface area contributed by atoms with E-state index in [4.69, 9.17) is 8.83 Å². The molecule has 2 N–H and O–H groups in total. The highest BCUT2D eigenvalue weighted by molar-refractivity contribution is 6.05. The van der Waals surface area contributed by atoms with Crippen LogP contribution in [0.25, 0.3) is 33.1 Å². The number of carboxylic acid groups (broad SMARTS) is 1. The largest absolute Gasteiger partial charge is 0.479 e. The van der Waals surface area contributed by atoms with Gasteiger partial charge in [-0.25, -0.2) is 9.59 Å². The second kappa shape index (κ2) is 10.0. The molecule has 0 fully saturated rings. The number of nitrogens with one attached hydrogen (secondary N) is 1.